The summed E-state index contributed by atoms with van der Waals surface area (Å²) in [6.45, 7) is 0. The van der Waals surface area contributed by atoms with Crippen LogP contribution in [-0.4, -0.2) is 24.1 Å². The third-order valence-corrected chi connectivity index (χ3v) is 2.51. The van der Waals surface area contributed by atoms with Crippen molar-refractivity contribution in [2.24, 2.45) is 0 Å². The van der Waals surface area contributed by atoms with Crippen LogP contribution in [0.2, 0.25) is 5.28 Å². The quantitative estimate of drug-likeness (QED) is 0.747. The van der Waals surface area contributed by atoms with Crippen molar-refractivity contribution < 1.29 is 0 Å². The molecule has 0 aliphatic rings. The molecule has 82 valence electrons. The number of benzene rings is 1. The van der Waals surface area contributed by atoms with Gasteiger partial charge in [-0.2, -0.15) is 0 Å². The van der Waals surface area contributed by atoms with Gasteiger partial charge in [-0.25, -0.2) is 9.97 Å². The van der Waals surface area contributed by atoms with Gasteiger partial charge in [-0.05, 0) is 29.3 Å². The molecule has 0 fully saturated rings. The summed E-state index contributed by atoms with van der Waals surface area (Å²) in [6, 6.07) is 8.19. The first kappa shape index (κ1) is 10.9. The Kier molecular flexibility index (Phi) is 3.06. The topological polar surface area (TPSA) is 29.0 Å². The van der Waals surface area contributed by atoms with Gasteiger partial charge in [0, 0.05) is 37.7 Å². The Labute approximate surface area is 99.7 Å². The molecular weight excluding hydrogens is 222 g/mol. The molecule has 16 heavy (non-hydrogen) atoms. The average molecular weight is 234 g/mol. The summed E-state index contributed by atoms with van der Waals surface area (Å²) < 4.78 is 0. The van der Waals surface area contributed by atoms with E-state index >= 15 is 0 Å². The highest BCUT2D eigenvalue weighted by Crippen LogP contribution is 2.22. The summed E-state index contributed by atoms with van der Waals surface area (Å²) in [7, 11) is 4.02. The molecule has 0 amide bonds. The highest BCUT2D eigenvalue weighted by molar-refractivity contribution is 6.28. The Morgan fingerprint density at radius 3 is 2.38 bits per heavy atom. The van der Waals surface area contributed by atoms with Crippen molar-refractivity contribution >= 4 is 17.3 Å². The molecule has 2 rings (SSSR count). The first-order chi connectivity index (χ1) is 7.66. The maximum absolute atomic E-state index is 5.65. The fraction of sp³-hybridized carbons (Fsp3) is 0.167. The third-order valence-electron chi connectivity index (χ3n) is 2.32. The molecule has 2 aromatic rings. The van der Waals surface area contributed by atoms with Crippen LogP contribution in [0.5, 0.6) is 0 Å². The largest absolute Gasteiger partial charge is 0.378 e. The predicted molar refractivity (Wildman–Crippen MR) is 66.8 cm³/mol. The summed E-state index contributed by atoms with van der Waals surface area (Å²) >= 11 is 5.65. The standard InChI is InChI=1S/C12H12ClN3/c1-16(2)11-5-3-4-9(6-11)10-7-14-12(13)15-8-10/h3-8H,1-2H3. The van der Waals surface area contributed by atoms with Crippen LogP contribution in [0.15, 0.2) is 36.7 Å². The van der Waals surface area contributed by atoms with Gasteiger partial charge in [0.15, 0.2) is 0 Å². The third kappa shape index (κ3) is 2.31. The maximum Gasteiger partial charge on any atom is 0.222 e. The van der Waals surface area contributed by atoms with Crippen LogP contribution in [0.3, 0.4) is 0 Å². The summed E-state index contributed by atoms with van der Waals surface area (Å²) in [6.07, 6.45) is 3.45. The highest BCUT2D eigenvalue weighted by atomic mass is 35.5. The van der Waals surface area contributed by atoms with Gasteiger partial charge in [0.25, 0.3) is 0 Å². The monoisotopic (exact) mass is 233 g/mol. The molecule has 0 bridgehead atoms. The second-order valence-electron chi connectivity index (χ2n) is 3.69. The molecule has 3 nitrogen and oxygen atoms in total. The number of hydrogen-bond donors (Lipinski definition) is 0. The fourth-order valence-electron chi connectivity index (χ4n) is 1.42. The number of anilines is 1. The lowest BCUT2D eigenvalue weighted by atomic mass is 10.1. The molecule has 0 atom stereocenters. The summed E-state index contributed by atoms with van der Waals surface area (Å²) in [5, 5.41) is 0.271. The smallest absolute Gasteiger partial charge is 0.222 e. The zero-order chi connectivity index (χ0) is 11.5. The number of halogens is 1. The molecule has 1 aromatic heterocycles. The highest BCUT2D eigenvalue weighted by Gasteiger charge is 2.01. The lowest BCUT2D eigenvalue weighted by Crippen LogP contribution is -2.08. The Morgan fingerprint density at radius 1 is 1.06 bits per heavy atom. The molecule has 1 aromatic carbocycles. The number of aromatic nitrogens is 2. The van der Waals surface area contributed by atoms with E-state index in [9.17, 15) is 0 Å². The van der Waals surface area contributed by atoms with Crippen LogP contribution in [0.4, 0.5) is 5.69 Å². The van der Waals surface area contributed by atoms with Gasteiger partial charge >= 0.3 is 0 Å². The molecule has 0 radical (unpaired) electrons. The zero-order valence-electron chi connectivity index (χ0n) is 9.18. The lowest BCUT2D eigenvalue weighted by Gasteiger charge is -2.13. The molecule has 0 saturated carbocycles. The van der Waals surface area contributed by atoms with Gasteiger partial charge < -0.3 is 4.90 Å². The molecule has 0 saturated heterocycles. The normalized spacial score (nSPS) is 10.2. The fourth-order valence-corrected chi connectivity index (χ4v) is 1.52. The van der Waals surface area contributed by atoms with Crippen molar-refractivity contribution in [3.05, 3.63) is 41.9 Å². The van der Waals surface area contributed by atoms with Crippen molar-refractivity contribution in [3.8, 4) is 11.1 Å². The second-order valence-corrected chi connectivity index (χ2v) is 4.02. The van der Waals surface area contributed by atoms with E-state index in [0.717, 1.165) is 16.8 Å². The van der Waals surface area contributed by atoms with Crippen LogP contribution >= 0.6 is 11.6 Å². The van der Waals surface area contributed by atoms with Gasteiger partial charge in [0.05, 0.1) is 0 Å². The molecule has 0 N–H and O–H groups in total. The van der Waals surface area contributed by atoms with Crippen LogP contribution < -0.4 is 4.90 Å². The van der Waals surface area contributed by atoms with E-state index in [4.69, 9.17) is 11.6 Å². The Hall–Kier alpha value is -1.61. The Bertz CT molecular complexity index is 480. The molecule has 0 aliphatic carbocycles. The molecule has 0 spiro atoms. The lowest BCUT2D eigenvalue weighted by molar-refractivity contribution is 1.13. The van der Waals surface area contributed by atoms with E-state index < -0.39 is 0 Å². The number of rotatable bonds is 2. The maximum atomic E-state index is 5.65. The van der Waals surface area contributed by atoms with E-state index in [0.29, 0.717) is 0 Å². The first-order valence-corrected chi connectivity index (χ1v) is 5.30. The van der Waals surface area contributed by atoms with Crippen LogP contribution in [0.25, 0.3) is 11.1 Å². The number of nitrogens with zero attached hydrogens (tertiary/aromatic N) is 3. The Balaban J connectivity index is 2.40. The Morgan fingerprint density at radius 2 is 1.75 bits per heavy atom. The van der Waals surface area contributed by atoms with Crippen molar-refractivity contribution in [2.75, 3.05) is 19.0 Å². The summed E-state index contributed by atoms with van der Waals surface area (Å²) in [5.41, 5.74) is 3.20. The van der Waals surface area contributed by atoms with E-state index in [-0.39, 0.29) is 5.28 Å². The van der Waals surface area contributed by atoms with E-state index in [2.05, 4.69) is 27.0 Å². The minimum absolute atomic E-state index is 0.271. The second kappa shape index (κ2) is 4.49. The van der Waals surface area contributed by atoms with Crippen LogP contribution in [-0.2, 0) is 0 Å². The van der Waals surface area contributed by atoms with Crippen molar-refractivity contribution in [3.63, 3.8) is 0 Å². The molecule has 1 heterocycles. The molecular formula is C12H12ClN3. The van der Waals surface area contributed by atoms with Gasteiger partial charge in [0.2, 0.25) is 5.28 Å². The SMILES string of the molecule is CN(C)c1cccc(-c2cnc(Cl)nc2)c1. The van der Waals surface area contributed by atoms with Crippen LogP contribution in [0, 0.1) is 0 Å². The number of hydrogen-bond acceptors (Lipinski definition) is 3. The minimum Gasteiger partial charge on any atom is -0.378 e. The van der Waals surface area contributed by atoms with E-state index in [1.54, 1.807) is 12.4 Å². The molecule has 0 aliphatic heterocycles. The van der Waals surface area contributed by atoms with Gasteiger partial charge in [0.1, 0.15) is 0 Å². The van der Waals surface area contributed by atoms with Gasteiger partial charge in [-0.1, -0.05) is 12.1 Å². The van der Waals surface area contributed by atoms with Gasteiger partial charge in [-0.3, -0.25) is 0 Å². The van der Waals surface area contributed by atoms with Crippen molar-refractivity contribution in [1.82, 2.24) is 9.97 Å². The van der Waals surface area contributed by atoms with Crippen molar-refractivity contribution in [2.45, 2.75) is 0 Å². The predicted octanol–water partition coefficient (Wildman–Crippen LogP) is 2.86. The van der Waals surface area contributed by atoms with E-state index in [1.165, 1.54) is 0 Å². The molecule has 4 heteroatoms. The minimum atomic E-state index is 0.271. The zero-order valence-corrected chi connectivity index (χ0v) is 9.94. The summed E-state index contributed by atoms with van der Waals surface area (Å²) in [4.78, 5) is 10.00. The van der Waals surface area contributed by atoms with Gasteiger partial charge in [-0.15, -0.1) is 0 Å². The van der Waals surface area contributed by atoms with Crippen LogP contribution in [0.1, 0.15) is 0 Å². The average Bonchev–Trinajstić information content (AvgIpc) is 2.30. The van der Waals surface area contributed by atoms with E-state index in [1.807, 2.05) is 26.2 Å². The molecule has 0 unspecified atom stereocenters. The summed E-state index contributed by atoms with van der Waals surface area (Å²) in [5.74, 6) is 0. The first-order valence-electron chi connectivity index (χ1n) is 4.92. The van der Waals surface area contributed by atoms with Crippen molar-refractivity contribution in [1.29, 1.82) is 0 Å².